The predicted molar refractivity (Wildman–Crippen MR) is 60.7 cm³/mol. The first-order chi connectivity index (χ1) is 6.22. The Kier molecular flexibility index (Phi) is 5.92. The highest BCUT2D eigenvalue weighted by Gasteiger charge is 1.99. The second kappa shape index (κ2) is 6.40. The molecule has 0 saturated carbocycles. The molecule has 78 valence electrons. The Hall–Kier alpha value is -1.06. The molecule has 1 aromatic carbocycles. The van der Waals surface area contributed by atoms with Crippen LogP contribution in [-0.2, 0) is 4.79 Å². The Labute approximate surface area is 90.1 Å². The maximum atomic E-state index is 11.1. The standard InChI is InChI=1S/C10H14N2O.ClH/c1-8-2-4-9(5-3-8)12-10(13)6-7-11;/h2-5H,6-7,11H2,1H3,(H,12,13);1H. The van der Waals surface area contributed by atoms with Crippen LogP contribution in [0.5, 0.6) is 0 Å². The van der Waals surface area contributed by atoms with E-state index in [4.69, 9.17) is 5.73 Å². The molecular formula is C10H15ClN2O. The van der Waals surface area contributed by atoms with E-state index in [1.165, 1.54) is 5.56 Å². The number of benzene rings is 1. The number of nitrogens with one attached hydrogen (secondary N) is 1. The van der Waals surface area contributed by atoms with Crippen LogP contribution in [0.3, 0.4) is 0 Å². The number of carbonyl (C=O) groups excluding carboxylic acids is 1. The lowest BCUT2D eigenvalue weighted by Gasteiger charge is -2.03. The molecule has 0 bridgehead atoms. The van der Waals surface area contributed by atoms with E-state index >= 15 is 0 Å². The van der Waals surface area contributed by atoms with Gasteiger partial charge < -0.3 is 11.1 Å². The van der Waals surface area contributed by atoms with Crippen LogP contribution in [0, 0.1) is 6.92 Å². The molecule has 1 rings (SSSR count). The lowest BCUT2D eigenvalue weighted by Crippen LogP contribution is -2.15. The smallest absolute Gasteiger partial charge is 0.225 e. The van der Waals surface area contributed by atoms with Crippen molar-refractivity contribution >= 4 is 24.0 Å². The molecule has 0 aliphatic rings. The Morgan fingerprint density at radius 3 is 2.43 bits per heavy atom. The second-order valence-electron chi connectivity index (χ2n) is 2.95. The number of hydrogen-bond acceptors (Lipinski definition) is 2. The molecule has 1 aromatic rings. The molecule has 3 N–H and O–H groups in total. The Morgan fingerprint density at radius 2 is 1.93 bits per heavy atom. The monoisotopic (exact) mass is 214 g/mol. The maximum Gasteiger partial charge on any atom is 0.225 e. The van der Waals surface area contributed by atoms with Crippen LogP contribution >= 0.6 is 12.4 Å². The average Bonchev–Trinajstić information content (AvgIpc) is 2.09. The highest BCUT2D eigenvalue weighted by atomic mass is 35.5. The number of halogens is 1. The molecule has 4 heteroatoms. The Morgan fingerprint density at radius 1 is 1.36 bits per heavy atom. The minimum atomic E-state index is -0.0358. The minimum absolute atomic E-state index is 0. The zero-order chi connectivity index (χ0) is 9.68. The zero-order valence-corrected chi connectivity index (χ0v) is 8.93. The Balaban J connectivity index is 0.00000169. The molecule has 0 radical (unpaired) electrons. The normalized spacial score (nSPS) is 9.00. The van der Waals surface area contributed by atoms with Gasteiger partial charge in [-0.05, 0) is 19.1 Å². The molecule has 0 fully saturated rings. The average molecular weight is 215 g/mol. The summed E-state index contributed by atoms with van der Waals surface area (Å²) in [6.45, 7) is 2.39. The van der Waals surface area contributed by atoms with Crippen LogP contribution in [-0.4, -0.2) is 12.5 Å². The number of aryl methyl sites for hydroxylation is 1. The third kappa shape index (κ3) is 4.25. The summed E-state index contributed by atoms with van der Waals surface area (Å²) in [7, 11) is 0. The molecular weight excluding hydrogens is 200 g/mol. The molecule has 0 aliphatic heterocycles. The van der Waals surface area contributed by atoms with Crippen molar-refractivity contribution in [3.63, 3.8) is 0 Å². The summed E-state index contributed by atoms with van der Waals surface area (Å²) < 4.78 is 0. The molecule has 0 atom stereocenters. The van der Waals surface area contributed by atoms with Crippen molar-refractivity contribution in [1.29, 1.82) is 0 Å². The van der Waals surface area contributed by atoms with E-state index in [1.807, 2.05) is 31.2 Å². The van der Waals surface area contributed by atoms with Crippen LogP contribution in [0.25, 0.3) is 0 Å². The number of nitrogens with two attached hydrogens (primary N) is 1. The van der Waals surface area contributed by atoms with Crippen LogP contribution in [0.4, 0.5) is 5.69 Å². The summed E-state index contributed by atoms with van der Waals surface area (Å²) in [4.78, 5) is 11.1. The van der Waals surface area contributed by atoms with Gasteiger partial charge in [0.2, 0.25) is 5.91 Å². The summed E-state index contributed by atoms with van der Waals surface area (Å²) in [5.41, 5.74) is 7.25. The van der Waals surface area contributed by atoms with Gasteiger partial charge in [-0.15, -0.1) is 12.4 Å². The third-order valence-electron chi connectivity index (χ3n) is 1.71. The van der Waals surface area contributed by atoms with Gasteiger partial charge in [0, 0.05) is 18.7 Å². The zero-order valence-electron chi connectivity index (χ0n) is 8.12. The summed E-state index contributed by atoms with van der Waals surface area (Å²) in [6.07, 6.45) is 0.369. The molecule has 1 amide bonds. The van der Waals surface area contributed by atoms with Gasteiger partial charge in [0.15, 0.2) is 0 Å². The van der Waals surface area contributed by atoms with E-state index < -0.39 is 0 Å². The third-order valence-corrected chi connectivity index (χ3v) is 1.71. The highest BCUT2D eigenvalue weighted by molar-refractivity contribution is 5.90. The summed E-state index contributed by atoms with van der Waals surface area (Å²) in [6, 6.07) is 7.67. The summed E-state index contributed by atoms with van der Waals surface area (Å²) in [5.74, 6) is -0.0358. The topological polar surface area (TPSA) is 55.1 Å². The van der Waals surface area contributed by atoms with E-state index in [0.29, 0.717) is 13.0 Å². The van der Waals surface area contributed by atoms with Crippen molar-refractivity contribution in [1.82, 2.24) is 0 Å². The van der Waals surface area contributed by atoms with E-state index in [9.17, 15) is 4.79 Å². The van der Waals surface area contributed by atoms with Gasteiger partial charge in [-0.2, -0.15) is 0 Å². The maximum absolute atomic E-state index is 11.1. The van der Waals surface area contributed by atoms with Crippen LogP contribution in [0.1, 0.15) is 12.0 Å². The molecule has 0 aliphatic carbocycles. The number of amides is 1. The molecule has 0 unspecified atom stereocenters. The van der Waals surface area contributed by atoms with E-state index in [-0.39, 0.29) is 18.3 Å². The summed E-state index contributed by atoms with van der Waals surface area (Å²) >= 11 is 0. The first-order valence-electron chi connectivity index (χ1n) is 4.29. The van der Waals surface area contributed by atoms with Gasteiger partial charge in [-0.3, -0.25) is 4.79 Å². The second-order valence-corrected chi connectivity index (χ2v) is 2.95. The van der Waals surface area contributed by atoms with Crippen molar-refractivity contribution in [3.05, 3.63) is 29.8 Å². The lowest BCUT2D eigenvalue weighted by molar-refractivity contribution is -0.116. The fourth-order valence-electron chi connectivity index (χ4n) is 0.991. The predicted octanol–water partition coefficient (Wildman–Crippen LogP) is 1.70. The number of carbonyl (C=O) groups is 1. The molecule has 0 aromatic heterocycles. The molecule has 0 saturated heterocycles. The molecule has 3 nitrogen and oxygen atoms in total. The van der Waals surface area contributed by atoms with Gasteiger partial charge in [0.1, 0.15) is 0 Å². The fraction of sp³-hybridized carbons (Fsp3) is 0.300. The van der Waals surface area contributed by atoms with Gasteiger partial charge in [0.25, 0.3) is 0 Å². The van der Waals surface area contributed by atoms with Gasteiger partial charge >= 0.3 is 0 Å². The van der Waals surface area contributed by atoms with E-state index in [2.05, 4.69) is 5.32 Å². The van der Waals surface area contributed by atoms with Crippen molar-refractivity contribution in [3.8, 4) is 0 Å². The van der Waals surface area contributed by atoms with Gasteiger partial charge in [-0.1, -0.05) is 17.7 Å². The molecule has 0 spiro atoms. The van der Waals surface area contributed by atoms with E-state index in [1.54, 1.807) is 0 Å². The first kappa shape index (κ1) is 12.9. The molecule has 0 heterocycles. The summed E-state index contributed by atoms with van der Waals surface area (Å²) in [5, 5.41) is 2.75. The minimum Gasteiger partial charge on any atom is -0.330 e. The van der Waals surface area contributed by atoms with Gasteiger partial charge in [0.05, 0.1) is 0 Å². The number of anilines is 1. The number of rotatable bonds is 3. The van der Waals surface area contributed by atoms with Gasteiger partial charge in [-0.25, -0.2) is 0 Å². The van der Waals surface area contributed by atoms with Crippen molar-refractivity contribution in [2.24, 2.45) is 5.73 Å². The van der Waals surface area contributed by atoms with Crippen LogP contribution in [0.15, 0.2) is 24.3 Å². The first-order valence-corrected chi connectivity index (χ1v) is 4.29. The molecule has 14 heavy (non-hydrogen) atoms. The largest absolute Gasteiger partial charge is 0.330 e. The fourth-order valence-corrected chi connectivity index (χ4v) is 0.991. The van der Waals surface area contributed by atoms with Crippen molar-refractivity contribution < 1.29 is 4.79 Å². The van der Waals surface area contributed by atoms with Crippen molar-refractivity contribution in [2.75, 3.05) is 11.9 Å². The SMILES string of the molecule is Cc1ccc(NC(=O)CCN)cc1.Cl. The van der Waals surface area contributed by atoms with Crippen molar-refractivity contribution in [2.45, 2.75) is 13.3 Å². The van der Waals surface area contributed by atoms with Crippen LogP contribution < -0.4 is 11.1 Å². The quantitative estimate of drug-likeness (QED) is 0.805. The number of hydrogen-bond donors (Lipinski definition) is 2. The van der Waals surface area contributed by atoms with E-state index in [0.717, 1.165) is 5.69 Å². The Bertz CT molecular complexity index is 285. The van der Waals surface area contributed by atoms with Crippen LogP contribution in [0.2, 0.25) is 0 Å². The lowest BCUT2D eigenvalue weighted by atomic mass is 10.2. The highest BCUT2D eigenvalue weighted by Crippen LogP contribution is 2.08.